The Morgan fingerprint density at radius 3 is 2.67 bits per heavy atom. The van der Waals surface area contributed by atoms with E-state index in [1.807, 2.05) is 0 Å². The Bertz CT molecular complexity index is 621. The van der Waals surface area contributed by atoms with Crippen LogP contribution in [0.2, 0.25) is 0 Å². The number of aliphatic hydroxyl groups is 1. The minimum Gasteiger partial charge on any atom is -0.391 e. The zero-order valence-corrected chi connectivity index (χ0v) is 10.7. The average molecular weight is 297 g/mol. The van der Waals surface area contributed by atoms with Crippen LogP contribution in [0.3, 0.4) is 0 Å². The molecule has 2 rings (SSSR count). The highest BCUT2D eigenvalue weighted by Crippen LogP contribution is 2.23. The molecule has 21 heavy (non-hydrogen) atoms. The van der Waals surface area contributed by atoms with E-state index >= 15 is 0 Å². The number of carbonyl (C=O) groups excluding carboxylic acids is 2. The van der Waals surface area contributed by atoms with Crippen molar-refractivity contribution in [3.05, 3.63) is 39.7 Å². The summed E-state index contributed by atoms with van der Waals surface area (Å²) in [6.45, 7) is -0.106. The highest BCUT2D eigenvalue weighted by molar-refractivity contribution is 5.98. The third kappa shape index (κ3) is 2.82. The number of aliphatic hydroxyl groups excluding tert-OH is 1. The van der Waals surface area contributed by atoms with Crippen LogP contribution in [0.25, 0.3) is 0 Å². The molecule has 8 nitrogen and oxygen atoms in total. The molecule has 1 aromatic carbocycles. The first-order valence-electron chi connectivity index (χ1n) is 6.03. The molecular weight excluding hydrogens is 285 g/mol. The molecule has 2 amide bonds. The summed E-state index contributed by atoms with van der Waals surface area (Å²) in [6.07, 6.45) is -0.884. The van der Waals surface area contributed by atoms with Crippen LogP contribution >= 0.6 is 0 Å². The Balaban J connectivity index is 2.29. The number of nitro benzene ring substituents is 1. The van der Waals surface area contributed by atoms with Gasteiger partial charge < -0.3 is 15.7 Å². The van der Waals surface area contributed by atoms with Crippen molar-refractivity contribution in [1.82, 2.24) is 4.90 Å². The molecule has 1 aliphatic rings. The Morgan fingerprint density at radius 1 is 1.48 bits per heavy atom. The molecule has 0 aromatic heterocycles. The van der Waals surface area contributed by atoms with Crippen molar-refractivity contribution in [2.45, 2.75) is 18.6 Å². The second-order valence-corrected chi connectivity index (χ2v) is 4.69. The Hall–Kier alpha value is -2.55. The highest BCUT2D eigenvalue weighted by Gasteiger charge is 2.38. The Labute approximate surface area is 118 Å². The van der Waals surface area contributed by atoms with Crippen LogP contribution in [-0.4, -0.2) is 45.4 Å². The van der Waals surface area contributed by atoms with E-state index in [-0.39, 0.29) is 18.5 Å². The Kier molecular flexibility index (Phi) is 3.85. The van der Waals surface area contributed by atoms with Gasteiger partial charge in [0.1, 0.15) is 6.04 Å². The van der Waals surface area contributed by atoms with Crippen LogP contribution in [-0.2, 0) is 4.79 Å². The minimum absolute atomic E-state index is 0.0105. The number of nitrogens with zero attached hydrogens (tertiary/aromatic N) is 2. The average Bonchev–Trinajstić information content (AvgIpc) is 2.79. The van der Waals surface area contributed by atoms with Crippen LogP contribution in [0.5, 0.6) is 0 Å². The number of β-amino-alcohol motifs (C(OH)–C–C–N with tert-alkyl or cyclic N) is 1. The van der Waals surface area contributed by atoms with E-state index in [1.54, 1.807) is 0 Å². The summed E-state index contributed by atoms with van der Waals surface area (Å²) in [5.74, 6) is -2.65. The molecule has 3 N–H and O–H groups in total. The lowest BCUT2D eigenvalue weighted by Gasteiger charge is -2.21. The number of likely N-dealkylation sites (tertiary alicyclic amines) is 1. The molecule has 0 aliphatic carbocycles. The molecular formula is C12H12FN3O5. The molecule has 1 aliphatic heterocycles. The molecule has 0 spiro atoms. The molecule has 0 saturated carbocycles. The molecule has 2 atom stereocenters. The van der Waals surface area contributed by atoms with Gasteiger partial charge in [0, 0.05) is 24.6 Å². The zero-order valence-electron chi connectivity index (χ0n) is 10.7. The van der Waals surface area contributed by atoms with Crippen molar-refractivity contribution in [2.24, 2.45) is 5.73 Å². The number of carbonyl (C=O) groups is 2. The van der Waals surface area contributed by atoms with Gasteiger partial charge in [0.25, 0.3) is 5.91 Å². The molecule has 1 heterocycles. The summed E-state index contributed by atoms with van der Waals surface area (Å²) < 4.78 is 13.5. The van der Waals surface area contributed by atoms with Gasteiger partial charge in [0.2, 0.25) is 11.7 Å². The molecule has 9 heteroatoms. The van der Waals surface area contributed by atoms with E-state index in [4.69, 9.17) is 5.73 Å². The number of hydrogen-bond donors (Lipinski definition) is 2. The first-order chi connectivity index (χ1) is 9.81. The number of nitrogens with two attached hydrogens (primary N) is 1. The van der Waals surface area contributed by atoms with Gasteiger partial charge in [0.05, 0.1) is 11.0 Å². The van der Waals surface area contributed by atoms with Gasteiger partial charge in [0.15, 0.2) is 0 Å². The lowest BCUT2D eigenvalue weighted by atomic mass is 10.1. The summed E-state index contributed by atoms with van der Waals surface area (Å²) >= 11 is 0. The predicted octanol–water partition coefficient (Wildman–Crippen LogP) is -0.205. The minimum atomic E-state index is -1.15. The largest absolute Gasteiger partial charge is 0.391 e. The van der Waals surface area contributed by atoms with Crippen molar-refractivity contribution in [2.75, 3.05) is 6.54 Å². The molecule has 0 radical (unpaired) electrons. The maximum atomic E-state index is 13.5. The standard InChI is InChI=1S/C12H12FN3O5/c13-8-3-6(1-2-9(8)16(20)21)12(19)15-5-7(17)4-10(15)11(14)18/h1-3,7,10,17H,4-5H2,(H2,14,18). The van der Waals surface area contributed by atoms with Gasteiger partial charge in [-0.3, -0.25) is 19.7 Å². The SMILES string of the molecule is NC(=O)C1CC(O)CN1C(=O)c1ccc([N+](=O)[O-])c(F)c1. The van der Waals surface area contributed by atoms with Crippen molar-refractivity contribution in [3.8, 4) is 0 Å². The van der Waals surface area contributed by atoms with E-state index in [1.165, 1.54) is 0 Å². The highest BCUT2D eigenvalue weighted by atomic mass is 19.1. The van der Waals surface area contributed by atoms with E-state index in [2.05, 4.69) is 0 Å². The summed E-state index contributed by atoms with van der Waals surface area (Å²) in [6, 6.07) is 1.70. The molecule has 112 valence electrons. The molecule has 2 unspecified atom stereocenters. The normalized spacial score (nSPS) is 21.3. The molecule has 0 bridgehead atoms. The number of rotatable bonds is 3. The van der Waals surface area contributed by atoms with Gasteiger partial charge in [-0.1, -0.05) is 0 Å². The monoisotopic (exact) mass is 297 g/mol. The van der Waals surface area contributed by atoms with Crippen molar-refractivity contribution in [3.63, 3.8) is 0 Å². The number of halogens is 1. The van der Waals surface area contributed by atoms with Crippen molar-refractivity contribution >= 4 is 17.5 Å². The summed E-state index contributed by atoms with van der Waals surface area (Å²) in [5.41, 5.74) is 4.25. The first-order valence-corrected chi connectivity index (χ1v) is 6.03. The number of hydrogen-bond acceptors (Lipinski definition) is 5. The topological polar surface area (TPSA) is 127 Å². The lowest BCUT2D eigenvalue weighted by molar-refractivity contribution is -0.387. The second kappa shape index (κ2) is 5.44. The maximum Gasteiger partial charge on any atom is 0.304 e. The lowest BCUT2D eigenvalue weighted by Crippen LogP contribution is -2.43. The summed E-state index contributed by atoms with van der Waals surface area (Å²) in [5, 5.41) is 20.0. The van der Waals surface area contributed by atoms with Crippen LogP contribution in [0.1, 0.15) is 16.8 Å². The van der Waals surface area contributed by atoms with Crippen molar-refractivity contribution in [1.29, 1.82) is 0 Å². The third-order valence-corrected chi connectivity index (χ3v) is 3.26. The maximum absolute atomic E-state index is 13.5. The van der Waals surface area contributed by atoms with E-state index in [0.29, 0.717) is 0 Å². The van der Waals surface area contributed by atoms with Gasteiger partial charge in [-0.15, -0.1) is 0 Å². The van der Waals surface area contributed by atoms with Crippen molar-refractivity contribution < 1.29 is 24.0 Å². The zero-order chi connectivity index (χ0) is 15.7. The van der Waals surface area contributed by atoms with Crippen LogP contribution in [0, 0.1) is 15.9 Å². The van der Waals surface area contributed by atoms with Gasteiger partial charge in [-0.2, -0.15) is 4.39 Å². The summed E-state index contributed by atoms with van der Waals surface area (Å²) in [7, 11) is 0. The first kappa shape index (κ1) is 14.9. The van der Waals surface area contributed by atoms with E-state index in [0.717, 1.165) is 23.1 Å². The quantitative estimate of drug-likeness (QED) is 0.589. The molecule has 1 fully saturated rings. The fourth-order valence-corrected chi connectivity index (χ4v) is 2.26. The van der Waals surface area contributed by atoms with Crippen LogP contribution in [0.15, 0.2) is 18.2 Å². The van der Waals surface area contributed by atoms with Crippen LogP contribution < -0.4 is 5.73 Å². The fourth-order valence-electron chi connectivity index (χ4n) is 2.26. The van der Waals surface area contributed by atoms with Gasteiger partial charge in [-0.05, 0) is 12.1 Å². The van der Waals surface area contributed by atoms with Gasteiger partial charge >= 0.3 is 5.69 Å². The second-order valence-electron chi connectivity index (χ2n) is 4.69. The molecule has 1 saturated heterocycles. The predicted molar refractivity (Wildman–Crippen MR) is 67.7 cm³/mol. The smallest absolute Gasteiger partial charge is 0.304 e. The number of primary amides is 1. The number of nitro groups is 1. The van der Waals surface area contributed by atoms with Crippen LogP contribution in [0.4, 0.5) is 10.1 Å². The van der Waals surface area contributed by atoms with Gasteiger partial charge in [-0.25, -0.2) is 0 Å². The third-order valence-electron chi connectivity index (χ3n) is 3.26. The molecule has 1 aromatic rings. The number of amides is 2. The fraction of sp³-hybridized carbons (Fsp3) is 0.333. The summed E-state index contributed by atoms with van der Waals surface area (Å²) in [4.78, 5) is 34.1. The van der Waals surface area contributed by atoms with E-state index < -0.39 is 40.4 Å². The Morgan fingerprint density at radius 2 is 2.14 bits per heavy atom. The van der Waals surface area contributed by atoms with E-state index in [9.17, 15) is 29.2 Å². The number of benzene rings is 1.